The molecule has 0 amide bonds. The van der Waals surface area contributed by atoms with E-state index in [9.17, 15) is 4.79 Å². The molecule has 1 rings (SSSR count). The summed E-state index contributed by atoms with van der Waals surface area (Å²) >= 11 is 0. The van der Waals surface area contributed by atoms with Gasteiger partial charge in [0.25, 0.3) is 0 Å². The molecule has 1 heterocycles. The first-order valence-electron chi connectivity index (χ1n) is 5.95. The SMILES string of the molecule is CC(C)CCC(=O)OC[C@@H]1CCCCO1. The van der Waals surface area contributed by atoms with Gasteiger partial charge in [-0.3, -0.25) is 4.79 Å². The summed E-state index contributed by atoms with van der Waals surface area (Å²) in [7, 11) is 0. The van der Waals surface area contributed by atoms with Crippen LogP contribution in [0.4, 0.5) is 0 Å². The van der Waals surface area contributed by atoms with Gasteiger partial charge in [-0.2, -0.15) is 0 Å². The third-order valence-electron chi connectivity index (χ3n) is 2.63. The molecule has 1 atom stereocenters. The van der Waals surface area contributed by atoms with E-state index in [-0.39, 0.29) is 12.1 Å². The summed E-state index contributed by atoms with van der Waals surface area (Å²) < 4.78 is 10.6. The number of carbonyl (C=O) groups is 1. The standard InChI is InChI=1S/C12H22O3/c1-10(2)6-7-12(13)15-9-11-5-3-4-8-14-11/h10-11H,3-9H2,1-2H3/t11-/m0/s1. The Bertz CT molecular complexity index is 183. The molecule has 0 bridgehead atoms. The molecular formula is C12H22O3. The average molecular weight is 214 g/mol. The summed E-state index contributed by atoms with van der Waals surface area (Å²) in [5, 5.41) is 0. The van der Waals surface area contributed by atoms with E-state index in [2.05, 4.69) is 13.8 Å². The minimum absolute atomic E-state index is 0.0853. The smallest absolute Gasteiger partial charge is 0.305 e. The van der Waals surface area contributed by atoms with Crippen LogP contribution < -0.4 is 0 Å². The molecular weight excluding hydrogens is 192 g/mol. The van der Waals surface area contributed by atoms with Gasteiger partial charge in [-0.25, -0.2) is 0 Å². The van der Waals surface area contributed by atoms with Gasteiger partial charge in [0.1, 0.15) is 6.61 Å². The molecule has 0 aromatic rings. The minimum Gasteiger partial charge on any atom is -0.463 e. The molecule has 0 aromatic carbocycles. The summed E-state index contributed by atoms with van der Waals surface area (Å²) in [6.45, 7) is 5.47. The van der Waals surface area contributed by atoms with Crippen molar-refractivity contribution >= 4 is 5.97 Å². The molecule has 0 aromatic heterocycles. The largest absolute Gasteiger partial charge is 0.463 e. The molecule has 0 aliphatic carbocycles. The van der Waals surface area contributed by atoms with Crippen molar-refractivity contribution in [2.45, 2.75) is 52.1 Å². The fourth-order valence-corrected chi connectivity index (χ4v) is 1.60. The predicted molar refractivity (Wildman–Crippen MR) is 58.6 cm³/mol. The zero-order valence-corrected chi connectivity index (χ0v) is 9.83. The van der Waals surface area contributed by atoms with Crippen LogP contribution in [0.3, 0.4) is 0 Å². The summed E-state index contributed by atoms with van der Waals surface area (Å²) in [6, 6.07) is 0. The van der Waals surface area contributed by atoms with Crippen LogP contribution in [-0.2, 0) is 14.3 Å². The second-order valence-corrected chi connectivity index (χ2v) is 4.60. The van der Waals surface area contributed by atoms with Gasteiger partial charge < -0.3 is 9.47 Å². The highest BCUT2D eigenvalue weighted by atomic mass is 16.6. The quantitative estimate of drug-likeness (QED) is 0.660. The van der Waals surface area contributed by atoms with Crippen molar-refractivity contribution in [3.63, 3.8) is 0 Å². The Morgan fingerprint density at radius 2 is 2.27 bits per heavy atom. The molecule has 1 aliphatic heterocycles. The highest BCUT2D eigenvalue weighted by molar-refractivity contribution is 5.69. The van der Waals surface area contributed by atoms with Gasteiger partial charge in [-0.05, 0) is 31.6 Å². The lowest BCUT2D eigenvalue weighted by Crippen LogP contribution is -2.25. The number of esters is 1. The molecule has 1 saturated heterocycles. The van der Waals surface area contributed by atoms with Crippen molar-refractivity contribution in [3.8, 4) is 0 Å². The molecule has 0 radical (unpaired) electrons. The van der Waals surface area contributed by atoms with Gasteiger partial charge in [-0.1, -0.05) is 13.8 Å². The minimum atomic E-state index is -0.0853. The van der Waals surface area contributed by atoms with Crippen LogP contribution in [-0.4, -0.2) is 25.3 Å². The second kappa shape index (κ2) is 6.83. The summed E-state index contributed by atoms with van der Waals surface area (Å²) in [5.74, 6) is 0.473. The number of hydrogen-bond acceptors (Lipinski definition) is 3. The Balaban J connectivity index is 2.05. The lowest BCUT2D eigenvalue weighted by Gasteiger charge is -2.22. The van der Waals surface area contributed by atoms with E-state index in [1.807, 2.05) is 0 Å². The molecule has 0 spiro atoms. The van der Waals surface area contributed by atoms with Crippen LogP contribution in [0, 0.1) is 5.92 Å². The molecule has 0 N–H and O–H groups in total. The van der Waals surface area contributed by atoms with E-state index in [1.165, 1.54) is 6.42 Å². The van der Waals surface area contributed by atoms with Gasteiger partial charge in [-0.15, -0.1) is 0 Å². The normalized spacial score (nSPS) is 21.7. The molecule has 0 unspecified atom stereocenters. The molecule has 3 heteroatoms. The number of rotatable bonds is 5. The van der Waals surface area contributed by atoms with Crippen molar-refractivity contribution in [2.75, 3.05) is 13.2 Å². The van der Waals surface area contributed by atoms with Crippen LogP contribution >= 0.6 is 0 Å². The monoisotopic (exact) mass is 214 g/mol. The zero-order chi connectivity index (χ0) is 11.1. The van der Waals surface area contributed by atoms with Crippen molar-refractivity contribution in [2.24, 2.45) is 5.92 Å². The van der Waals surface area contributed by atoms with Gasteiger partial charge in [0.05, 0.1) is 6.10 Å². The molecule has 88 valence electrons. The topological polar surface area (TPSA) is 35.5 Å². The average Bonchev–Trinajstić information content (AvgIpc) is 2.25. The Morgan fingerprint density at radius 3 is 2.87 bits per heavy atom. The third-order valence-corrected chi connectivity index (χ3v) is 2.63. The lowest BCUT2D eigenvalue weighted by atomic mass is 10.1. The van der Waals surface area contributed by atoms with Crippen molar-refractivity contribution in [3.05, 3.63) is 0 Å². The Labute approximate surface area is 92.1 Å². The van der Waals surface area contributed by atoms with Crippen molar-refractivity contribution in [1.29, 1.82) is 0 Å². The lowest BCUT2D eigenvalue weighted by molar-refractivity contribution is -0.149. The van der Waals surface area contributed by atoms with Crippen molar-refractivity contribution in [1.82, 2.24) is 0 Å². The van der Waals surface area contributed by atoms with Gasteiger partial charge in [0, 0.05) is 13.0 Å². The van der Waals surface area contributed by atoms with Crippen LogP contribution in [0.1, 0.15) is 46.0 Å². The van der Waals surface area contributed by atoms with Gasteiger partial charge in [0.15, 0.2) is 0 Å². The number of hydrogen-bond donors (Lipinski definition) is 0. The first kappa shape index (κ1) is 12.5. The maximum atomic E-state index is 11.3. The van der Waals surface area contributed by atoms with Crippen LogP contribution in [0.15, 0.2) is 0 Å². The second-order valence-electron chi connectivity index (χ2n) is 4.60. The summed E-state index contributed by atoms with van der Waals surface area (Å²) in [4.78, 5) is 11.3. The van der Waals surface area contributed by atoms with E-state index >= 15 is 0 Å². The van der Waals surface area contributed by atoms with E-state index < -0.39 is 0 Å². The molecule has 3 nitrogen and oxygen atoms in total. The third kappa shape index (κ3) is 5.78. The first-order valence-corrected chi connectivity index (χ1v) is 5.95. The number of ether oxygens (including phenoxy) is 2. The van der Waals surface area contributed by atoms with Crippen LogP contribution in [0.5, 0.6) is 0 Å². The van der Waals surface area contributed by atoms with E-state index in [1.54, 1.807) is 0 Å². The molecule has 0 saturated carbocycles. The molecule has 1 fully saturated rings. The fourth-order valence-electron chi connectivity index (χ4n) is 1.60. The first-order chi connectivity index (χ1) is 7.18. The summed E-state index contributed by atoms with van der Waals surface area (Å²) in [6.07, 6.45) is 4.93. The predicted octanol–water partition coefficient (Wildman–Crippen LogP) is 2.53. The number of carbonyl (C=O) groups excluding carboxylic acids is 1. The van der Waals surface area contributed by atoms with Gasteiger partial charge in [0.2, 0.25) is 0 Å². The van der Waals surface area contributed by atoms with E-state index in [0.717, 1.165) is 25.9 Å². The Kier molecular flexibility index (Phi) is 5.69. The van der Waals surface area contributed by atoms with Crippen LogP contribution in [0.2, 0.25) is 0 Å². The van der Waals surface area contributed by atoms with Crippen molar-refractivity contribution < 1.29 is 14.3 Å². The Morgan fingerprint density at radius 1 is 1.47 bits per heavy atom. The fraction of sp³-hybridized carbons (Fsp3) is 0.917. The van der Waals surface area contributed by atoms with Crippen LogP contribution in [0.25, 0.3) is 0 Å². The summed E-state index contributed by atoms with van der Waals surface area (Å²) in [5.41, 5.74) is 0. The van der Waals surface area contributed by atoms with Gasteiger partial charge >= 0.3 is 5.97 Å². The maximum Gasteiger partial charge on any atom is 0.305 e. The maximum absolute atomic E-state index is 11.3. The zero-order valence-electron chi connectivity index (χ0n) is 9.83. The molecule has 15 heavy (non-hydrogen) atoms. The van der Waals surface area contributed by atoms with E-state index in [4.69, 9.17) is 9.47 Å². The highest BCUT2D eigenvalue weighted by Crippen LogP contribution is 2.13. The molecule has 1 aliphatic rings. The van der Waals surface area contributed by atoms with E-state index in [0.29, 0.717) is 18.9 Å². The highest BCUT2D eigenvalue weighted by Gasteiger charge is 2.15. The Hall–Kier alpha value is -0.570.